The molecule has 1 aromatic heterocycles. The van der Waals surface area contributed by atoms with Crippen LogP contribution in [0, 0.1) is 5.92 Å². The van der Waals surface area contributed by atoms with Crippen molar-refractivity contribution in [1.29, 1.82) is 0 Å². The Kier molecular flexibility index (Phi) is 5.46. The van der Waals surface area contributed by atoms with Gasteiger partial charge in [0.25, 0.3) is 0 Å². The third kappa shape index (κ3) is 4.31. The van der Waals surface area contributed by atoms with Gasteiger partial charge in [0.1, 0.15) is 0 Å². The molecule has 5 nitrogen and oxygen atoms in total. The normalized spacial score (nSPS) is 22.3. The van der Waals surface area contributed by atoms with Crippen LogP contribution in [0.1, 0.15) is 38.4 Å². The Bertz CT molecular complexity index is 553. The maximum absolute atomic E-state index is 11.7. The second-order valence-corrected chi connectivity index (χ2v) is 7.98. The lowest BCUT2D eigenvalue weighted by Gasteiger charge is -2.31. The Labute approximate surface area is 128 Å². The molecule has 6 heteroatoms. The van der Waals surface area contributed by atoms with Crippen LogP contribution in [0.3, 0.4) is 0 Å². The van der Waals surface area contributed by atoms with Gasteiger partial charge in [-0.1, -0.05) is 6.92 Å². The molecule has 1 aliphatic heterocycles. The maximum Gasteiger partial charge on any atom is 0.211 e. The molecule has 0 bridgehead atoms. The molecule has 1 aliphatic rings. The molecule has 2 heterocycles. The van der Waals surface area contributed by atoms with Crippen molar-refractivity contribution in [2.45, 2.75) is 39.3 Å². The molecule has 2 unspecified atom stereocenters. The van der Waals surface area contributed by atoms with Crippen LogP contribution in [0.25, 0.3) is 0 Å². The minimum absolute atomic E-state index is 0.319. The lowest BCUT2D eigenvalue weighted by atomic mass is 9.99. The monoisotopic (exact) mass is 313 g/mol. The summed E-state index contributed by atoms with van der Waals surface area (Å²) in [6.07, 6.45) is 5.46. The predicted octanol–water partition coefficient (Wildman–Crippen LogP) is 1.83. The van der Waals surface area contributed by atoms with E-state index in [9.17, 15) is 8.42 Å². The van der Waals surface area contributed by atoms with Gasteiger partial charge in [0.2, 0.25) is 10.0 Å². The van der Waals surface area contributed by atoms with E-state index in [1.807, 2.05) is 0 Å². The Morgan fingerprint density at radius 2 is 2.24 bits per heavy atom. The van der Waals surface area contributed by atoms with E-state index in [1.54, 1.807) is 4.31 Å². The molecule has 0 aromatic carbocycles. The molecular formula is C15H27N3O2S. The topological polar surface area (TPSA) is 54.3 Å². The van der Waals surface area contributed by atoms with Gasteiger partial charge in [-0.05, 0) is 44.4 Å². The fraction of sp³-hybridized carbons (Fsp3) is 0.733. The smallest absolute Gasteiger partial charge is 0.211 e. The van der Waals surface area contributed by atoms with E-state index in [0.717, 1.165) is 25.9 Å². The van der Waals surface area contributed by atoms with Crippen LogP contribution in [-0.4, -0.2) is 43.2 Å². The van der Waals surface area contributed by atoms with Crippen molar-refractivity contribution >= 4 is 10.0 Å². The van der Waals surface area contributed by atoms with Crippen molar-refractivity contribution < 1.29 is 8.42 Å². The summed E-state index contributed by atoms with van der Waals surface area (Å²) < 4.78 is 27.3. The fourth-order valence-corrected chi connectivity index (χ4v) is 4.10. The van der Waals surface area contributed by atoms with Gasteiger partial charge < -0.3 is 9.88 Å². The summed E-state index contributed by atoms with van der Waals surface area (Å²) in [4.78, 5) is 0. The first-order chi connectivity index (χ1) is 9.91. The highest BCUT2D eigenvalue weighted by Crippen LogP contribution is 2.22. The molecular weight excluding hydrogens is 286 g/mol. The van der Waals surface area contributed by atoms with Crippen molar-refractivity contribution in [3.63, 3.8) is 0 Å². The van der Waals surface area contributed by atoms with Gasteiger partial charge in [0, 0.05) is 37.6 Å². The summed E-state index contributed by atoms with van der Waals surface area (Å²) in [6.45, 7) is 7.42. The van der Waals surface area contributed by atoms with E-state index in [2.05, 4.69) is 42.1 Å². The average molecular weight is 313 g/mol. The molecule has 0 spiro atoms. The van der Waals surface area contributed by atoms with Gasteiger partial charge in [-0.15, -0.1) is 0 Å². The Hall–Kier alpha value is -0.850. The van der Waals surface area contributed by atoms with Crippen molar-refractivity contribution in [3.05, 3.63) is 24.0 Å². The highest BCUT2D eigenvalue weighted by atomic mass is 32.2. The summed E-state index contributed by atoms with van der Waals surface area (Å²) in [7, 11) is -3.06. The molecule has 0 saturated carbocycles. The highest BCUT2D eigenvalue weighted by Gasteiger charge is 2.26. The fourth-order valence-electron chi connectivity index (χ4n) is 3.15. The number of rotatable bonds is 6. The molecule has 2 rings (SSSR count). The molecule has 1 fully saturated rings. The van der Waals surface area contributed by atoms with Crippen LogP contribution in [0.2, 0.25) is 0 Å². The SMILES string of the molecule is CCNC(C)c1cccn1CC1CCCN(S(C)(=O)=O)C1. The Morgan fingerprint density at radius 1 is 1.48 bits per heavy atom. The summed E-state index contributed by atoms with van der Waals surface area (Å²) in [5.74, 6) is 0.397. The Balaban J connectivity index is 2.03. The lowest BCUT2D eigenvalue weighted by molar-refractivity contribution is 0.244. The summed E-state index contributed by atoms with van der Waals surface area (Å²) in [5.41, 5.74) is 1.27. The zero-order valence-corrected chi connectivity index (χ0v) is 14.1. The van der Waals surface area contributed by atoms with Gasteiger partial charge in [-0.25, -0.2) is 12.7 Å². The highest BCUT2D eigenvalue weighted by molar-refractivity contribution is 7.88. The molecule has 0 amide bonds. The number of nitrogens with zero attached hydrogens (tertiary/aromatic N) is 2. The maximum atomic E-state index is 11.7. The molecule has 120 valence electrons. The van der Waals surface area contributed by atoms with Crippen LogP contribution in [0.5, 0.6) is 0 Å². The van der Waals surface area contributed by atoms with Crippen LogP contribution in [0.15, 0.2) is 18.3 Å². The van der Waals surface area contributed by atoms with Crippen molar-refractivity contribution in [1.82, 2.24) is 14.2 Å². The van der Waals surface area contributed by atoms with Gasteiger partial charge in [-0.3, -0.25) is 0 Å². The van der Waals surface area contributed by atoms with Crippen LogP contribution in [-0.2, 0) is 16.6 Å². The van der Waals surface area contributed by atoms with E-state index in [-0.39, 0.29) is 0 Å². The molecule has 0 radical (unpaired) electrons. The number of sulfonamides is 1. The number of aromatic nitrogens is 1. The van der Waals surface area contributed by atoms with Gasteiger partial charge in [0.05, 0.1) is 6.26 Å². The number of nitrogens with one attached hydrogen (secondary N) is 1. The standard InChI is InChI=1S/C15H27N3O2S/c1-4-16-13(2)15-8-6-9-17(15)11-14-7-5-10-18(12-14)21(3,19)20/h6,8-9,13-14,16H,4-5,7,10-12H2,1-3H3. The van der Waals surface area contributed by atoms with Crippen molar-refractivity contribution in [2.75, 3.05) is 25.9 Å². The van der Waals surface area contributed by atoms with Crippen LogP contribution >= 0.6 is 0 Å². The summed E-state index contributed by atoms with van der Waals surface area (Å²) in [6, 6.07) is 4.53. The zero-order valence-electron chi connectivity index (χ0n) is 13.2. The third-order valence-corrected chi connectivity index (χ3v) is 5.49. The molecule has 1 N–H and O–H groups in total. The second kappa shape index (κ2) is 6.94. The first-order valence-corrected chi connectivity index (χ1v) is 9.60. The number of piperidine rings is 1. The van der Waals surface area contributed by atoms with E-state index in [0.29, 0.717) is 25.0 Å². The van der Waals surface area contributed by atoms with Gasteiger partial charge >= 0.3 is 0 Å². The molecule has 21 heavy (non-hydrogen) atoms. The van der Waals surface area contributed by atoms with Gasteiger partial charge in [-0.2, -0.15) is 0 Å². The third-order valence-electron chi connectivity index (χ3n) is 4.22. The summed E-state index contributed by atoms with van der Waals surface area (Å²) in [5, 5.41) is 3.43. The minimum atomic E-state index is -3.06. The summed E-state index contributed by atoms with van der Waals surface area (Å²) >= 11 is 0. The van der Waals surface area contributed by atoms with Gasteiger partial charge in [0.15, 0.2) is 0 Å². The van der Waals surface area contributed by atoms with Crippen molar-refractivity contribution in [2.24, 2.45) is 5.92 Å². The first-order valence-electron chi connectivity index (χ1n) is 7.75. The molecule has 1 aromatic rings. The minimum Gasteiger partial charge on any atom is -0.350 e. The molecule has 2 atom stereocenters. The lowest BCUT2D eigenvalue weighted by Crippen LogP contribution is -2.40. The number of hydrogen-bond acceptors (Lipinski definition) is 3. The van der Waals surface area contributed by atoms with E-state index in [4.69, 9.17) is 0 Å². The van der Waals surface area contributed by atoms with Crippen LogP contribution in [0.4, 0.5) is 0 Å². The average Bonchev–Trinajstić information content (AvgIpc) is 2.86. The first kappa shape index (κ1) is 16.5. The molecule has 0 aliphatic carbocycles. The van der Waals surface area contributed by atoms with E-state index >= 15 is 0 Å². The Morgan fingerprint density at radius 3 is 2.90 bits per heavy atom. The largest absolute Gasteiger partial charge is 0.350 e. The van der Waals surface area contributed by atoms with E-state index < -0.39 is 10.0 Å². The molecule has 1 saturated heterocycles. The zero-order chi connectivity index (χ0) is 15.5. The quantitative estimate of drug-likeness (QED) is 0.872. The number of hydrogen-bond donors (Lipinski definition) is 1. The van der Waals surface area contributed by atoms with E-state index in [1.165, 1.54) is 11.9 Å². The van der Waals surface area contributed by atoms with Crippen LogP contribution < -0.4 is 5.32 Å². The van der Waals surface area contributed by atoms with Crippen molar-refractivity contribution in [3.8, 4) is 0 Å². The predicted molar refractivity (Wildman–Crippen MR) is 85.7 cm³/mol. The second-order valence-electron chi connectivity index (χ2n) is 5.99.